The minimum Gasteiger partial charge on any atom is -0.389 e. The summed E-state index contributed by atoms with van der Waals surface area (Å²) in [4.78, 5) is 13.1. The predicted molar refractivity (Wildman–Crippen MR) is 70.1 cm³/mol. The Morgan fingerprint density at radius 3 is 2.39 bits per heavy atom. The second-order valence-corrected chi connectivity index (χ2v) is 4.59. The summed E-state index contributed by atoms with van der Waals surface area (Å²) < 4.78 is 0. The van der Waals surface area contributed by atoms with Gasteiger partial charge in [0.05, 0.1) is 6.10 Å². The van der Waals surface area contributed by atoms with Gasteiger partial charge in [0, 0.05) is 23.7 Å². The van der Waals surface area contributed by atoms with Gasteiger partial charge in [-0.3, -0.25) is 4.98 Å². The summed E-state index contributed by atoms with van der Waals surface area (Å²) in [7, 11) is 0. The van der Waals surface area contributed by atoms with Crippen LogP contribution in [0.15, 0.2) is 18.5 Å². The van der Waals surface area contributed by atoms with Gasteiger partial charge < -0.3 is 5.11 Å². The monoisotopic (exact) mass is 243 g/mol. The van der Waals surface area contributed by atoms with Crippen LogP contribution in [0, 0.1) is 20.8 Å². The van der Waals surface area contributed by atoms with Crippen LogP contribution in [0.5, 0.6) is 0 Å². The number of nitrogens with zero attached hydrogens (tertiary/aromatic N) is 3. The average molecular weight is 243 g/mol. The van der Waals surface area contributed by atoms with E-state index in [1.165, 1.54) is 0 Å². The maximum atomic E-state index is 9.56. The molecule has 0 aliphatic heterocycles. The van der Waals surface area contributed by atoms with Crippen molar-refractivity contribution < 1.29 is 5.11 Å². The third-order valence-electron chi connectivity index (χ3n) is 2.89. The van der Waals surface area contributed by atoms with Gasteiger partial charge in [-0.1, -0.05) is 6.07 Å². The fourth-order valence-electron chi connectivity index (χ4n) is 1.95. The Kier molecular flexibility index (Phi) is 3.39. The van der Waals surface area contributed by atoms with Gasteiger partial charge in [0.25, 0.3) is 0 Å². The fraction of sp³-hybridized carbons (Fsp3) is 0.357. The van der Waals surface area contributed by atoms with Crippen LogP contribution < -0.4 is 0 Å². The first-order valence-corrected chi connectivity index (χ1v) is 5.94. The van der Waals surface area contributed by atoms with Crippen molar-refractivity contribution in [1.29, 1.82) is 0 Å². The highest BCUT2D eigenvalue weighted by atomic mass is 16.3. The number of aliphatic hydroxyl groups excluding tert-OH is 1. The number of aryl methyl sites for hydroxylation is 3. The maximum Gasteiger partial charge on any atom is 0.178 e. The van der Waals surface area contributed by atoms with Gasteiger partial charge >= 0.3 is 0 Å². The quantitative estimate of drug-likeness (QED) is 0.880. The van der Waals surface area contributed by atoms with E-state index in [2.05, 4.69) is 21.0 Å². The molecule has 2 rings (SSSR count). The first-order valence-electron chi connectivity index (χ1n) is 5.94. The van der Waals surface area contributed by atoms with Crippen molar-refractivity contribution in [2.24, 2.45) is 0 Å². The molecule has 4 nitrogen and oxygen atoms in total. The van der Waals surface area contributed by atoms with Crippen LogP contribution in [-0.2, 0) is 0 Å². The molecule has 0 amide bonds. The number of rotatable bonds is 2. The molecule has 2 aromatic heterocycles. The first-order chi connectivity index (χ1) is 8.49. The molecule has 0 aromatic carbocycles. The zero-order valence-electron chi connectivity index (χ0n) is 11.1. The molecule has 0 spiro atoms. The molecule has 0 radical (unpaired) electrons. The highest BCUT2D eigenvalue weighted by molar-refractivity contribution is 5.55. The third kappa shape index (κ3) is 2.38. The smallest absolute Gasteiger partial charge is 0.178 e. The van der Waals surface area contributed by atoms with Crippen molar-refractivity contribution in [1.82, 2.24) is 15.0 Å². The van der Waals surface area contributed by atoms with Crippen LogP contribution in [0.4, 0.5) is 0 Å². The molecular formula is C14H17N3O. The minimum atomic E-state index is -0.550. The van der Waals surface area contributed by atoms with E-state index in [1.54, 1.807) is 13.1 Å². The molecule has 4 heteroatoms. The first kappa shape index (κ1) is 12.6. The van der Waals surface area contributed by atoms with Crippen molar-refractivity contribution in [3.63, 3.8) is 0 Å². The molecule has 0 saturated heterocycles. The van der Waals surface area contributed by atoms with Crippen LogP contribution in [-0.4, -0.2) is 20.1 Å². The second kappa shape index (κ2) is 4.82. The van der Waals surface area contributed by atoms with Crippen LogP contribution in [0.3, 0.4) is 0 Å². The van der Waals surface area contributed by atoms with E-state index in [9.17, 15) is 5.11 Å². The van der Waals surface area contributed by atoms with Gasteiger partial charge in [0.2, 0.25) is 0 Å². The summed E-state index contributed by atoms with van der Waals surface area (Å²) in [6.07, 6.45) is 2.93. The standard InChI is InChI=1S/C14H17N3O/c1-8-5-9(2)13(15-6-8)14-16-7-12(11(4)18)10(3)17-14/h5-7,11,18H,1-4H3/t11-/m0/s1. The highest BCUT2D eigenvalue weighted by Crippen LogP contribution is 2.21. The Balaban J connectivity index is 2.49. The lowest BCUT2D eigenvalue weighted by Crippen LogP contribution is -2.03. The Morgan fingerprint density at radius 1 is 1.11 bits per heavy atom. The molecule has 0 unspecified atom stereocenters. The molecule has 18 heavy (non-hydrogen) atoms. The number of aliphatic hydroxyl groups is 1. The molecule has 1 atom stereocenters. The number of hydrogen-bond donors (Lipinski definition) is 1. The molecule has 0 saturated carbocycles. The lowest BCUT2D eigenvalue weighted by molar-refractivity contribution is 0.197. The van der Waals surface area contributed by atoms with E-state index in [1.807, 2.05) is 27.0 Å². The van der Waals surface area contributed by atoms with Crippen molar-refractivity contribution in [3.05, 3.63) is 40.8 Å². The van der Waals surface area contributed by atoms with Gasteiger partial charge in [-0.15, -0.1) is 0 Å². The lowest BCUT2D eigenvalue weighted by Gasteiger charge is -2.10. The van der Waals surface area contributed by atoms with E-state index in [4.69, 9.17) is 0 Å². The molecule has 0 bridgehead atoms. The van der Waals surface area contributed by atoms with Crippen molar-refractivity contribution in [2.45, 2.75) is 33.8 Å². The Morgan fingerprint density at radius 2 is 1.83 bits per heavy atom. The van der Waals surface area contributed by atoms with Crippen LogP contribution in [0.1, 0.15) is 35.4 Å². The van der Waals surface area contributed by atoms with E-state index in [0.29, 0.717) is 5.82 Å². The third-order valence-corrected chi connectivity index (χ3v) is 2.89. The zero-order chi connectivity index (χ0) is 13.3. The SMILES string of the molecule is Cc1cnc(-c2ncc([C@H](C)O)c(C)n2)c(C)c1. The Bertz CT molecular complexity index is 579. The molecule has 1 N–H and O–H groups in total. The highest BCUT2D eigenvalue weighted by Gasteiger charge is 2.11. The van der Waals surface area contributed by atoms with Gasteiger partial charge in [0.1, 0.15) is 5.69 Å². The van der Waals surface area contributed by atoms with E-state index in [0.717, 1.165) is 28.1 Å². The topological polar surface area (TPSA) is 58.9 Å². The Hall–Kier alpha value is -1.81. The second-order valence-electron chi connectivity index (χ2n) is 4.59. The van der Waals surface area contributed by atoms with E-state index < -0.39 is 6.10 Å². The summed E-state index contributed by atoms with van der Waals surface area (Å²) in [6, 6.07) is 2.06. The molecule has 2 aromatic rings. The molecule has 2 heterocycles. The van der Waals surface area contributed by atoms with E-state index >= 15 is 0 Å². The minimum absolute atomic E-state index is 0.550. The Labute approximate surface area is 107 Å². The van der Waals surface area contributed by atoms with Crippen LogP contribution in [0.2, 0.25) is 0 Å². The fourth-order valence-corrected chi connectivity index (χ4v) is 1.95. The van der Waals surface area contributed by atoms with Crippen molar-refractivity contribution in [2.75, 3.05) is 0 Å². The summed E-state index contributed by atoms with van der Waals surface area (Å²) in [5.41, 5.74) is 4.51. The summed E-state index contributed by atoms with van der Waals surface area (Å²) in [5.74, 6) is 0.606. The molecule has 0 aliphatic rings. The van der Waals surface area contributed by atoms with Gasteiger partial charge in [-0.2, -0.15) is 0 Å². The number of pyridine rings is 1. The van der Waals surface area contributed by atoms with Crippen molar-refractivity contribution in [3.8, 4) is 11.5 Å². The lowest BCUT2D eigenvalue weighted by atomic mass is 10.1. The summed E-state index contributed by atoms with van der Waals surface area (Å²) in [6.45, 7) is 7.58. The van der Waals surface area contributed by atoms with Gasteiger partial charge in [-0.25, -0.2) is 9.97 Å². The molecule has 94 valence electrons. The number of hydrogen-bond acceptors (Lipinski definition) is 4. The summed E-state index contributed by atoms with van der Waals surface area (Å²) in [5, 5.41) is 9.56. The molecule has 0 fully saturated rings. The normalized spacial score (nSPS) is 12.5. The largest absolute Gasteiger partial charge is 0.389 e. The average Bonchev–Trinajstić information content (AvgIpc) is 2.28. The van der Waals surface area contributed by atoms with Crippen LogP contribution in [0.25, 0.3) is 11.5 Å². The number of aromatic nitrogens is 3. The summed E-state index contributed by atoms with van der Waals surface area (Å²) >= 11 is 0. The maximum absolute atomic E-state index is 9.56. The molecular weight excluding hydrogens is 226 g/mol. The predicted octanol–water partition coefficient (Wildman–Crippen LogP) is 2.52. The van der Waals surface area contributed by atoms with Crippen molar-refractivity contribution >= 4 is 0 Å². The van der Waals surface area contributed by atoms with Crippen LogP contribution >= 0.6 is 0 Å². The van der Waals surface area contributed by atoms with E-state index in [-0.39, 0.29) is 0 Å². The van der Waals surface area contributed by atoms with Gasteiger partial charge in [-0.05, 0) is 38.8 Å². The zero-order valence-corrected chi connectivity index (χ0v) is 11.1. The van der Waals surface area contributed by atoms with Gasteiger partial charge in [0.15, 0.2) is 5.82 Å². The molecule has 0 aliphatic carbocycles.